The molecule has 166 valence electrons. The van der Waals surface area contributed by atoms with Crippen molar-refractivity contribution < 1.29 is 9.59 Å². The molecule has 3 aromatic carbocycles. The van der Waals surface area contributed by atoms with Gasteiger partial charge in [0.05, 0.1) is 5.92 Å². The number of benzene rings is 3. The Hall–Kier alpha value is -3.40. The summed E-state index contributed by atoms with van der Waals surface area (Å²) in [5.41, 5.74) is 3.42. The second-order valence-corrected chi connectivity index (χ2v) is 8.06. The van der Waals surface area contributed by atoms with Crippen LogP contribution in [0, 0.1) is 0 Å². The van der Waals surface area contributed by atoms with Crippen molar-refractivity contribution in [3.05, 3.63) is 108 Å². The average Bonchev–Trinajstić information content (AvgIpc) is 2.84. The maximum absolute atomic E-state index is 12.8. The monoisotopic (exact) mass is 428 g/mol. The molecule has 0 aliphatic heterocycles. The minimum absolute atomic E-state index is 0.118. The molecule has 0 bridgehead atoms. The molecular formula is C28H32N2O2. The van der Waals surface area contributed by atoms with Gasteiger partial charge in [-0.15, -0.1) is 0 Å². The highest BCUT2D eigenvalue weighted by Crippen LogP contribution is 2.27. The standard InChI is InChI=1S/C28H32N2O2/c1-3-25(22-13-7-4-8-14-22)28(32)30-21(2)27(31)29-20-19-26(23-15-9-5-10-16-23)24-17-11-6-12-18-24/h4-18,21,25-26H,3,19-20H2,1-2H3,(H,29,31)(H,30,32)/t21-,25+/m0/s1. The summed E-state index contributed by atoms with van der Waals surface area (Å²) >= 11 is 0. The van der Waals surface area contributed by atoms with Crippen LogP contribution in [0.2, 0.25) is 0 Å². The van der Waals surface area contributed by atoms with Gasteiger partial charge in [0.15, 0.2) is 0 Å². The van der Waals surface area contributed by atoms with E-state index in [0.717, 1.165) is 12.0 Å². The molecule has 3 rings (SSSR count). The van der Waals surface area contributed by atoms with Gasteiger partial charge in [0.2, 0.25) is 11.8 Å². The molecule has 2 N–H and O–H groups in total. The number of amides is 2. The van der Waals surface area contributed by atoms with Gasteiger partial charge in [-0.05, 0) is 36.5 Å². The van der Waals surface area contributed by atoms with Gasteiger partial charge in [-0.2, -0.15) is 0 Å². The first kappa shape index (κ1) is 23.3. The second-order valence-electron chi connectivity index (χ2n) is 8.06. The molecule has 0 saturated carbocycles. The van der Waals surface area contributed by atoms with Crippen molar-refractivity contribution in [3.63, 3.8) is 0 Å². The van der Waals surface area contributed by atoms with E-state index in [1.807, 2.05) is 73.7 Å². The van der Waals surface area contributed by atoms with Crippen molar-refractivity contribution in [2.45, 2.75) is 44.6 Å². The molecule has 2 amide bonds. The molecule has 0 saturated heterocycles. The van der Waals surface area contributed by atoms with Crippen LogP contribution in [0.4, 0.5) is 0 Å². The fraction of sp³-hybridized carbons (Fsp3) is 0.286. The van der Waals surface area contributed by atoms with Gasteiger partial charge in [-0.3, -0.25) is 9.59 Å². The van der Waals surface area contributed by atoms with E-state index in [0.29, 0.717) is 13.0 Å². The Morgan fingerprint density at radius 2 is 1.19 bits per heavy atom. The highest BCUT2D eigenvalue weighted by atomic mass is 16.2. The first-order valence-electron chi connectivity index (χ1n) is 11.3. The molecular weight excluding hydrogens is 396 g/mol. The predicted octanol–water partition coefficient (Wildman–Crippen LogP) is 5.02. The lowest BCUT2D eigenvalue weighted by Gasteiger charge is -2.21. The highest BCUT2D eigenvalue weighted by Gasteiger charge is 2.23. The number of hydrogen-bond donors (Lipinski definition) is 2. The van der Waals surface area contributed by atoms with Crippen LogP contribution in [0.25, 0.3) is 0 Å². The number of nitrogens with one attached hydrogen (secondary N) is 2. The van der Waals surface area contributed by atoms with E-state index in [-0.39, 0.29) is 23.7 Å². The van der Waals surface area contributed by atoms with E-state index in [1.165, 1.54) is 11.1 Å². The molecule has 0 unspecified atom stereocenters. The summed E-state index contributed by atoms with van der Waals surface area (Å²) < 4.78 is 0. The Morgan fingerprint density at radius 3 is 1.66 bits per heavy atom. The first-order chi connectivity index (χ1) is 15.6. The van der Waals surface area contributed by atoms with E-state index in [4.69, 9.17) is 0 Å². The molecule has 4 nitrogen and oxygen atoms in total. The summed E-state index contributed by atoms with van der Waals surface area (Å²) in [5.74, 6) is -0.342. The van der Waals surface area contributed by atoms with E-state index in [2.05, 4.69) is 34.9 Å². The van der Waals surface area contributed by atoms with Crippen LogP contribution in [0.5, 0.6) is 0 Å². The van der Waals surface area contributed by atoms with Gasteiger partial charge in [-0.25, -0.2) is 0 Å². The smallest absolute Gasteiger partial charge is 0.242 e. The van der Waals surface area contributed by atoms with E-state index >= 15 is 0 Å². The summed E-state index contributed by atoms with van der Waals surface area (Å²) in [5, 5.41) is 5.88. The topological polar surface area (TPSA) is 58.2 Å². The van der Waals surface area contributed by atoms with Crippen molar-refractivity contribution in [2.75, 3.05) is 6.54 Å². The van der Waals surface area contributed by atoms with Crippen molar-refractivity contribution >= 4 is 11.8 Å². The largest absolute Gasteiger partial charge is 0.354 e. The van der Waals surface area contributed by atoms with Crippen LogP contribution in [0.3, 0.4) is 0 Å². The quantitative estimate of drug-likeness (QED) is 0.476. The molecule has 0 aliphatic rings. The van der Waals surface area contributed by atoms with Crippen LogP contribution < -0.4 is 10.6 Å². The van der Waals surface area contributed by atoms with Gasteiger partial charge >= 0.3 is 0 Å². The van der Waals surface area contributed by atoms with Gasteiger partial charge in [-0.1, -0.05) is 97.9 Å². The minimum Gasteiger partial charge on any atom is -0.354 e. The van der Waals surface area contributed by atoms with Crippen LogP contribution in [0.15, 0.2) is 91.0 Å². The fourth-order valence-electron chi connectivity index (χ4n) is 4.03. The van der Waals surface area contributed by atoms with E-state index in [1.54, 1.807) is 6.92 Å². The lowest BCUT2D eigenvalue weighted by Crippen LogP contribution is -2.46. The summed E-state index contributed by atoms with van der Waals surface area (Å²) in [6.07, 6.45) is 1.46. The second kappa shape index (κ2) is 11.8. The fourth-order valence-corrected chi connectivity index (χ4v) is 4.03. The maximum Gasteiger partial charge on any atom is 0.242 e. The molecule has 4 heteroatoms. The summed E-state index contributed by atoms with van der Waals surface area (Å²) in [4.78, 5) is 25.4. The zero-order valence-corrected chi connectivity index (χ0v) is 18.8. The van der Waals surface area contributed by atoms with Crippen LogP contribution in [-0.2, 0) is 9.59 Å². The predicted molar refractivity (Wildman–Crippen MR) is 129 cm³/mol. The first-order valence-corrected chi connectivity index (χ1v) is 11.3. The van der Waals surface area contributed by atoms with Crippen LogP contribution in [0.1, 0.15) is 55.2 Å². The normalized spacial score (nSPS) is 12.7. The van der Waals surface area contributed by atoms with Crippen LogP contribution in [-0.4, -0.2) is 24.4 Å². The maximum atomic E-state index is 12.8. The minimum atomic E-state index is -0.591. The SMILES string of the molecule is CC[C@@H](C(=O)N[C@@H](C)C(=O)NCCC(c1ccccc1)c1ccccc1)c1ccccc1. The van der Waals surface area contributed by atoms with Gasteiger partial charge < -0.3 is 10.6 Å². The lowest BCUT2D eigenvalue weighted by atomic mass is 9.88. The van der Waals surface area contributed by atoms with Crippen molar-refractivity contribution in [1.29, 1.82) is 0 Å². The Labute approximate surface area is 191 Å². The molecule has 0 aliphatic carbocycles. The summed E-state index contributed by atoms with van der Waals surface area (Å²) in [6.45, 7) is 4.25. The summed E-state index contributed by atoms with van der Waals surface area (Å²) in [6, 6.07) is 29.8. The number of hydrogen-bond acceptors (Lipinski definition) is 2. The zero-order chi connectivity index (χ0) is 22.8. The van der Waals surface area contributed by atoms with Gasteiger partial charge in [0.1, 0.15) is 6.04 Å². The van der Waals surface area contributed by atoms with Crippen molar-refractivity contribution in [1.82, 2.24) is 10.6 Å². The molecule has 0 aromatic heterocycles. The number of carbonyl (C=O) groups is 2. The summed E-state index contributed by atoms with van der Waals surface area (Å²) in [7, 11) is 0. The number of carbonyl (C=O) groups excluding carboxylic acids is 2. The molecule has 0 fully saturated rings. The zero-order valence-electron chi connectivity index (χ0n) is 18.8. The molecule has 0 spiro atoms. The van der Waals surface area contributed by atoms with Crippen LogP contribution >= 0.6 is 0 Å². The Bertz CT molecular complexity index is 935. The third-order valence-electron chi connectivity index (χ3n) is 5.81. The molecule has 32 heavy (non-hydrogen) atoms. The Kier molecular flexibility index (Phi) is 8.61. The highest BCUT2D eigenvalue weighted by molar-refractivity contribution is 5.90. The van der Waals surface area contributed by atoms with E-state index < -0.39 is 6.04 Å². The Morgan fingerprint density at radius 1 is 0.719 bits per heavy atom. The third kappa shape index (κ3) is 6.30. The molecule has 0 heterocycles. The van der Waals surface area contributed by atoms with Gasteiger partial charge in [0.25, 0.3) is 0 Å². The molecule has 2 atom stereocenters. The van der Waals surface area contributed by atoms with E-state index in [9.17, 15) is 9.59 Å². The molecule has 3 aromatic rings. The lowest BCUT2D eigenvalue weighted by molar-refractivity contribution is -0.129. The Balaban J connectivity index is 1.56. The third-order valence-corrected chi connectivity index (χ3v) is 5.81. The number of rotatable bonds is 10. The van der Waals surface area contributed by atoms with Crippen molar-refractivity contribution in [2.24, 2.45) is 0 Å². The molecule has 0 radical (unpaired) electrons. The van der Waals surface area contributed by atoms with Gasteiger partial charge in [0, 0.05) is 12.5 Å². The average molecular weight is 429 g/mol. The van der Waals surface area contributed by atoms with Crippen molar-refractivity contribution in [3.8, 4) is 0 Å².